The quantitative estimate of drug-likeness (QED) is 0.415. The van der Waals surface area contributed by atoms with Crippen molar-refractivity contribution in [2.45, 2.75) is 39.5 Å². The van der Waals surface area contributed by atoms with E-state index in [4.69, 9.17) is 20.8 Å². The van der Waals surface area contributed by atoms with Gasteiger partial charge in [-0.05, 0) is 56.9 Å². The summed E-state index contributed by atoms with van der Waals surface area (Å²) in [6.45, 7) is 7.39. The molecule has 0 unspecified atom stereocenters. The number of fused-ring (bicyclic) bond motifs is 3. The van der Waals surface area contributed by atoms with Crippen LogP contribution in [0.2, 0.25) is 5.02 Å². The molecule has 0 atom stereocenters. The second-order valence-corrected chi connectivity index (χ2v) is 9.49. The number of ether oxygens (including phenoxy) is 1. The van der Waals surface area contributed by atoms with Crippen LogP contribution < -0.4 is 9.64 Å². The van der Waals surface area contributed by atoms with Gasteiger partial charge < -0.3 is 19.0 Å². The van der Waals surface area contributed by atoms with Crippen molar-refractivity contribution >= 4 is 39.7 Å². The third kappa shape index (κ3) is 4.41. The highest BCUT2D eigenvalue weighted by Crippen LogP contribution is 2.38. The maximum atomic E-state index is 13.2. The van der Waals surface area contributed by atoms with Crippen molar-refractivity contribution in [1.82, 2.24) is 4.90 Å². The van der Waals surface area contributed by atoms with Gasteiger partial charge in [-0.25, -0.2) is 0 Å². The van der Waals surface area contributed by atoms with Crippen LogP contribution in [0, 0.1) is 0 Å². The minimum atomic E-state index is 0.0353. The molecule has 1 fully saturated rings. The number of benzene rings is 2. The highest BCUT2D eigenvalue weighted by atomic mass is 35.5. The molecule has 34 heavy (non-hydrogen) atoms. The van der Waals surface area contributed by atoms with Crippen molar-refractivity contribution in [3.63, 3.8) is 0 Å². The van der Waals surface area contributed by atoms with Crippen LogP contribution in [0.3, 0.4) is 0 Å². The first kappa shape index (κ1) is 22.9. The van der Waals surface area contributed by atoms with E-state index in [9.17, 15) is 4.79 Å². The summed E-state index contributed by atoms with van der Waals surface area (Å²) in [6.07, 6.45) is 6.16. The number of amides is 1. The maximum Gasteiger partial charge on any atom is 0.246 e. The van der Waals surface area contributed by atoms with Crippen molar-refractivity contribution in [3.8, 4) is 5.75 Å². The highest BCUT2D eigenvalue weighted by molar-refractivity contribution is 6.33. The normalized spacial score (nSPS) is 16.6. The Balaban J connectivity index is 1.36. The zero-order valence-electron chi connectivity index (χ0n) is 19.9. The van der Waals surface area contributed by atoms with Crippen LogP contribution in [0.1, 0.15) is 43.6 Å². The molecule has 0 bridgehead atoms. The van der Waals surface area contributed by atoms with E-state index < -0.39 is 0 Å². The summed E-state index contributed by atoms with van der Waals surface area (Å²) in [7, 11) is 0. The Morgan fingerprint density at radius 2 is 1.88 bits per heavy atom. The highest BCUT2D eigenvalue weighted by Gasteiger charge is 2.23. The van der Waals surface area contributed by atoms with Gasteiger partial charge in [0.05, 0.1) is 17.3 Å². The van der Waals surface area contributed by atoms with Gasteiger partial charge in [0.1, 0.15) is 17.1 Å². The maximum absolute atomic E-state index is 13.2. The third-order valence-electron chi connectivity index (χ3n) is 6.91. The monoisotopic (exact) mass is 478 g/mol. The number of hydrogen-bond acceptors (Lipinski definition) is 4. The van der Waals surface area contributed by atoms with Crippen LogP contribution in [0.15, 0.2) is 46.9 Å². The number of hydrogen-bond donors (Lipinski definition) is 0. The average Bonchev–Trinajstić information content (AvgIpc) is 3.21. The van der Waals surface area contributed by atoms with Crippen LogP contribution in [0.4, 0.5) is 5.69 Å². The van der Waals surface area contributed by atoms with E-state index in [1.807, 2.05) is 49.1 Å². The fraction of sp³-hybridized carbons (Fsp3) is 0.393. The van der Waals surface area contributed by atoms with Crippen LogP contribution in [0.5, 0.6) is 5.75 Å². The second-order valence-electron chi connectivity index (χ2n) is 9.08. The Labute approximate surface area is 205 Å². The van der Waals surface area contributed by atoms with Gasteiger partial charge in [0.15, 0.2) is 0 Å². The molecule has 2 aromatic carbocycles. The Morgan fingerprint density at radius 3 is 2.65 bits per heavy atom. The Morgan fingerprint density at radius 1 is 1.12 bits per heavy atom. The Kier molecular flexibility index (Phi) is 6.55. The molecular formula is C28H31ClN2O3. The topological polar surface area (TPSA) is 45.9 Å². The number of carbonyl (C=O) groups is 1. The van der Waals surface area contributed by atoms with E-state index >= 15 is 0 Å². The molecule has 1 aliphatic heterocycles. The lowest BCUT2D eigenvalue weighted by Crippen LogP contribution is -2.48. The van der Waals surface area contributed by atoms with Crippen LogP contribution in [0.25, 0.3) is 16.5 Å². The number of carbonyl (C=O) groups excluding carboxylic acids is 1. The summed E-state index contributed by atoms with van der Waals surface area (Å²) in [5, 5.41) is 1.90. The van der Waals surface area contributed by atoms with E-state index in [0.29, 0.717) is 19.7 Å². The molecule has 0 radical (unpaired) electrons. The minimum absolute atomic E-state index is 0.0353. The van der Waals surface area contributed by atoms with E-state index in [1.165, 1.54) is 18.4 Å². The largest absolute Gasteiger partial charge is 0.493 e. The number of piperazine rings is 1. The molecular weight excluding hydrogens is 448 g/mol. The number of anilines is 1. The lowest BCUT2D eigenvalue weighted by molar-refractivity contribution is -0.126. The van der Waals surface area contributed by atoms with Gasteiger partial charge in [-0.2, -0.15) is 0 Å². The fourth-order valence-corrected chi connectivity index (χ4v) is 5.36. The van der Waals surface area contributed by atoms with E-state index in [1.54, 1.807) is 6.08 Å². The predicted molar refractivity (Wildman–Crippen MR) is 138 cm³/mol. The van der Waals surface area contributed by atoms with Gasteiger partial charge in [-0.1, -0.05) is 23.7 Å². The van der Waals surface area contributed by atoms with Crippen molar-refractivity contribution in [2.75, 3.05) is 37.7 Å². The molecule has 1 amide bonds. The summed E-state index contributed by atoms with van der Waals surface area (Å²) < 4.78 is 12.1. The number of aryl methyl sites for hydroxylation is 2. The summed E-state index contributed by atoms with van der Waals surface area (Å²) in [4.78, 5) is 17.3. The van der Waals surface area contributed by atoms with Gasteiger partial charge in [0.2, 0.25) is 5.91 Å². The molecule has 0 N–H and O–H groups in total. The Bertz CT molecular complexity index is 1240. The van der Waals surface area contributed by atoms with Crippen molar-refractivity contribution in [3.05, 3.63) is 64.4 Å². The van der Waals surface area contributed by atoms with Crippen LogP contribution in [-0.2, 0) is 17.6 Å². The van der Waals surface area contributed by atoms with Gasteiger partial charge >= 0.3 is 0 Å². The first-order chi connectivity index (χ1) is 16.5. The molecule has 3 aromatic rings. The minimum Gasteiger partial charge on any atom is -0.493 e. The summed E-state index contributed by atoms with van der Waals surface area (Å²) in [5.74, 6) is 1.91. The summed E-state index contributed by atoms with van der Waals surface area (Å²) in [6, 6.07) is 12.0. The van der Waals surface area contributed by atoms with E-state index in [-0.39, 0.29) is 5.91 Å². The van der Waals surface area contributed by atoms with Crippen LogP contribution >= 0.6 is 11.6 Å². The molecule has 6 heteroatoms. The third-order valence-corrected chi connectivity index (χ3v) is 7.23. The van der Waals surface area contributed by atoms with Crippen molar-refractivity contribution < 1.29 is 13.9 Å². The molecule has 1 aromatic heterocycles. The molecule has 2 heterocycles. The zero-order valence-corrected chi connectivity index (χ0v) is 20.7. The van der Waals surface area contributed by atoms with Gasteiger partial charge in [0, 0.05) is 61.3 Å². The fourth-order valence-electron chi connectivity index (χ4n) is 5.10. The van der Waals surface area contributed by atoms with Gasteiger partial charge in [-0.3, -0.25) is 4.79 Å². The average molecular weight is 479 g/mol. The van der Waals surface area contributed by atoms with E-state index in [0.717, 1.165) is 70.3 Å². The molecule has 178 valence electrons. The number of nitrogens with zero attached hydrogens (tertiary/aromatic N) is 2. The first-order valence-electron chi connectivity index (χ1n) is 12.2. The Hall–Kier alpha value is -2.92. The molecule has 0 saturated carbocycles. The number of furan rings is 1. The molecule has 5 rings (SSSR count). The smallest absolute Gasteiger partial charge is 0.246 e. The van der Waals surface area contributed by atoms with Crippen molar-refractivity contribution in [1.29, 1.82) is 0 Å². The summed E-state index contributed by atoms with van der Waals surface area (Å²) in [5.41, 5.74) is 5.11. The lowest BCUT2D eigenvalue weighted by Gasteiger charge is -2.36. The van der Waals surface area contributed by atoms with E-state index in [2.05, 4.69) is 11.0 Å². The molecule has 5 nitrogen and oxygen atoms in total. The molecule has 1 aliphatic carbocycles. The zero-order chi connectivity index (χ0) is 23.7. The first-order valence-corrected chi connectivity index (χ1v) is 12.6. The van der Waals surface area contributed by atoms with Crippen LogP contribution in [-0.4, -0.2) is 43.6 Å². The lowest BCUT2D eigenvalue weighted by atomic mass is 9.94. The molecule has 1 saturated heterocycles. The van der Waals surface area contributed by atoms with Gasteiger partial charge in [0.25, 0.3) is 0 Å². The summed E-state index contributed by atoms with van der Waals surface area (Å²) >= 11 is 6.36. The molecule has 0 spiro atoms. The second kappa shape index (κ2) is 9.75. The number of para-hydroxylation sites is 1. The standard InChI is InChI=1S/C28H31ClN2O3/c1-3-33-26-18-27-22(20-8-4-7-11-25(20)34-27)17-21(26)19(2)16-28(32)31-14-12-30(13-15-31)24-10-6-5-9-23(24)29/h5-6,9-10,16-18H,3-4,7-8,11-15H2,1-2H3/b19-16+. The number of halogens is 1. The number of rotatable bonds is 5. The van der Waals surface area contributed by atoms with Gasteiger partial charge in [-0.15, -0.1) is 0 Å². The molecule has 2 aliphatic rings. The number of allylic oxidation sites excluding steroid dienone is 1. The van der Waals surface area contributed by atoms with Crippen molar-refractivity contribution in [2.24, 2.45) is 0 Å². The predicted octanol–water partition coefficient (Wildman–Crippen LogP) is 6.12. The SMILES string of the molecule is CCOc1cc2oc3c(c2cc1/C(C)=C/C(=O)N1CCN(c2ccccc2Cl)CC1)CCCC3.